The third kappa shape index (κ3) is 4.32. The molecule has 0 atom stereocenters. The number of morpholine rings is 1. The minimum Gasteiger partial charge on any atom is -0.454 e. The van der Waals surface area contributed by atoms with Gasteiger partial charge in [-0.1, -0.05) is 6.07 Å². The van der Waals surface area contributed by atoms with Crippen molar-refractivity contribution in [3.05, 3.63) is 59.7 Å². The lowest BCUT2D eigenvalue weighted by atomic mass is 10.2. The van der Waals surface area contributed by atoms with Crippen molar-refractivity contribution in [3.63, 3.8) is 0 Å². The maximum atomic E-state index is 13.3. The van der Waals surface area contributed by atoms with Gasteiger partial charge in [0.15, 0.2) is 0 Å². The number of imidazole rings is 1. The first-order valence-electron chi connectivity index (χ1n) is 9.90. The van der Waals surface area contributed by atoms with Gasteiger partial charge in [-0.15, -0.1) is 0 Å². The first kappa shape index (κ1) is 21.4. The van der Waals surface area contributed by atoms with Crippen LogP contribution in [0.2, 0.25) is 0 Å². The minimum absolute atomic E-state index is 0.109. The second-order valence-electron chi connectivity index (χ2n) is 7.03. The normalized spacial score (nSPS) is 15.3. The van der Waals surface area contributed by atoms with Crippen molar-refractivity contribution in [2.45, 2.75) is 25.0 Å². The van der Waals surface area contributed by atoms with Crippen LogP contribution in [0.3, 0.4) is 0 Å². The van der Waals surface area contributed by atoms with Crippen LogP contribution in [0.1, 0.15) is 23.1 Å². The van der Waals surface area contributed by atoms with Gasteiger partial charge in [0.25, 0.3) is 0 Å². The van der Waals surface area contributed by atoms with Crippen LogP contribution in [0.5, 0.6) is 0 Å². The molecule has 0 aliphatic carbocycles. The molecule has 2 heterocycles. The van der Waals surface area contributed by atoms with E-state index in [1.54, 1.807) is 12.1 Å². The lowest BCUT2D eigenvalue weighted by Crippen LogP contribution is -2.40. The maximum Gasteiger partial charge on any atom is 0.338 e. The second kappa shape index (κ2) is 8.74. The Bertz CT molecular complexity index is 1220. The minimum atomic E-state index is -3.65. The van der Waals surface area contributed by atoms with Crippen LogP contribution in [0, 0.1) is 5.82 Å². The van der Waals surface area contributed by atoms with Crippen molar-refractivity contribution in [2.24, 2.45) is 0 Å². The fourth-order valence-corrected chi connectivity index (χ4v) is 4.98. The van der Waals surface area contributed by atoms with Crippen LogP contribution in [-0.4, -0.2) is 54.5 Å². The van der Waals surface area contributed by atoms with Gasteiger partial charge >= 0.3 is 5.97 Å². The fraction of sp³-hybridized carbons (Fsp3) is 0.333. The number of sulfonamides is 1. The van der Waals surface area contributed by atoms with E-state index in [9.17, 15) is 17.6 Å². The van der Waals surface area contributed by atoms with Crippen LogP contribution in [0.25, 0.3) is 11.0 Å². The van der Waals surface area contributed by atoms with Crippen LogP contribution in [0.15, 0.2) is 47.4 Å². The summed E-state index contributed by atoms with van der Waals surface area (Å²) in [5, 5.41) is 0. The number of carbonyl (C=O) groups is 1. The highest BCUT2D eigenvalue weighted by Gasteiger charge is 2.27. The molecule has 1 aliphatic rings. The summed E-state index contributed by atoms with van der Waals surface area (Å²) in [6, 6.07) is 10.1. The molecule has 0 amide bonds. The van der Waals surface area contributed by atoms with Crippen molar-refractivity contribution < 1.29 is 27.1 Å². The Labute approximate surface area is 179 Å². The number of ether oxygens (including phenoxy) is 2. The summed E-state index contributed by atoms with van der Waals surface area (Å²) in [6.07, 6.45) is 0. The average Bonchev–Trinajstić information content (AvgIpc) is 3.14. The molecule has 0 saturated carbocycles. The number of carbonyl (C=O) groups excluding carboxylic acids is 1. The van der Waals surface area contributed by atoms with Gasteiger partial charge in [-0.2, -0.15) is 4.31 Å². The number of rotatable bonds is 6. The highest BCUT2D eigenvalue weighted by Crippen LogP contribution is 2.24. The van der Waals surface area contributed by atoms with E-state index in [1.807, 2.05) is 11.5 Å². The van der Waals surface area contributed by atoms with Gasteiger partial charge < -0.3 is 14.0 Å². The molecule has 10 heteroatoms. The Kier molecular flexibility index (Phi) is 6.03. The maximum absolute atomic E-state index is 13.3. The molecule has 4 rings (SSSR count). The van der Waals surface area contributed by atoms with E-state index in [0.717, 1.165) is 11.6 Å². The van der Waals surface area contributed by atoms with Crippen molar-refractivity contribution >= 4 is 27.0 Å². The van der Waals surface area contributed by atoms with Crippen LogP contribution >= 0.6 is 0 Å². The van der Waals surface area contributed by atoms with Gasteiger partial charge in [-0.3, -0.25) is 0 Å². The topological polar surface area (TPSA) is 90.7 Å². The van der Waals surface area contributed by atoms with Gasteiger partial charge in [0.2, 0.25) is 10.0 Å². The molecule has 0 bridgehead atoms. The molecule has 8 nitrogen and oxygen atoms in total. The van der Waals surface area contributed by atoms with E-state index >= 15 is 0 Å². The second-order valence-corrected chi connectivity index (χ2v) is 8.96. The van der Waals surface area contributed by atoms with Crippen LogP contribution in [-0.2, 0) is 32.6 Å². The molecule has 1 fully saturated rings. The van der Waals surface area contributed by atoms with Crippen molar-refractivity contribution in [2.75, 3.05) is 26.3 Å². The number of halogens is 1. The van der Waals surface area contributed by atoms with Crippen molar-refractivity contribution in [1.82, 2.24) is 13.9 Å². The van der Waals surface area contributed by atoms with E-state index in [-0.39, 0.29) is 17.1 Å². The Hall–Kier alpha value is -2.82. The number of hydrogen-bond acceptors (Lipinski definition) is 6. The number of aromatic nitrogens is 2. The third-order valence-electron chi connectivity index (χ3n) is 5.12. The van der Waals surface area contributed by atoms with Crippen molar-refractivity contribution in [3.8, 4) is 0 Å². The number of nitrogens with zero attached hydrogens (tertiary/aromatic N) is 3. The van der Waals surface area contributed by atoms with Crippen molar-refractivity contribution in [1.29, 1.82) is 0 Å². The third-order valence-corrected chi connectivity index (χ3v) is 7.01. The molecular formula is C21H22FN3O5S. The molecule has 0 unspecified atom stereocenters. The Morgan fingerprint density at radius 3 is 2.68 bits per heavy atom. The lowest BCUT2D eigenvalue weighted by Gasteiger charge is -2.26. The van der Waals surface area contributed by atoms with Crippen LogP contribution < -0.4 is 0 Å². The quantitative estimate of drug-likeness (QED) is 0.540. The fourth-order valence-electron chi connectivity index (χ4n) is 3.55. The number of hydrogen-bond donors (Lipinski definition) is 0. The molecule has 2 aromatic carbocycles. The number of aryl methyl sites for hydroxylation is 1. The molecule has 3 aromatic rings. The SMILES string of the molecule is CCn1c(COC(=O)c2cccc(F)c2)nc2cc(S(=O)(=O)N3CCOCC3)ccc21. The zero-order valence-corrected chi connectivity index (χ0v) is 17.8. The van der Waals surface area contributed by atoms with E-state index in [1.165, 1.54) is 28.6 Å². The predicted octanol–water partition coefficient (Wildman–Crippen LogP) is 2.57. The molecular weight excluding hydrogens is 425 g/mol. The molecule has 0 radical (unpaired) electrons. The van der Waals surface area contributed by atoms with Gasteiger partial charge in [0.05, 0.1) is 34.7 Å². The lowest BCUT2D eigenvalue weighted by molar-refractivity contribution is 0.0458. The standard InChI is InChI=1S/C21H22FN3O5S/c1-2-25-19-7-6-17(31(27,28)24-8-10-29-11-9-24)13-18(19)23-20(25)14-30-21(26)15-4-3-5-16(22)12-15/h3-7,12-13H,2,8-11,14H2,1H3. The van der Waals surface area contributed by atoms with E-state index in [0.29, 0.717) is 44.2 Å². The summed E-state index contributed by atoms with van der Waals surface area (Å²) in [5.74, 6) is -0.711. The number of esters is 1. The van der Waals surface area contributed by atoms with E-state index in [2.05, 4.69) is 4.98 Å². The van der Waals surface area contributed by atoms with Gasteiger partial charge in [-0.25, -0.2) is 22.6 Å². The molecule has 1 aliphatic heterocycles. The first-order chi connectivity index (χ1) is 14.9. The summed E-state index contributed by atoms with van der Waals surface area (Å²) in [6.45, 7) is 3.70. The Morgan fingerprint density at radius 2 is 1.97 bits per heavy atom. The molecule has 1 saturated heterocycles. The molecule has 164 valence electrons. The zero-order chi connectivity index (χ0) is 22.0. The average molecular weight is 447 g/mol. The highest BCUT2D eigenvalue weighted by molar-refractivity contribution is 7.89. The molecule has 0 N–H and O–H groups in total. The van der Waals surface area contributed by atoms with Gasteiger partial charge in [0.1, 0.15) is 18.2 Å². The first-order valence-corrected chi connectivity index (χ1v) is 11.3. The number of fused-ring (bicyclic) bond motifs is 1. The Balaban J connectivity index is 1.59. The highest BCUT2D eigenvalue weighted by atomic mass is 32.2. The van der Waals surface area contributed by atoms with E-state index < -0.39 is 21.8 Å². The predicted molar refractivity (Wildman–Crippen MR) is 111 cm³/mol. The Morgan fingerprint density at radius 1 is 1.19 bits per heavy atom. The summed E-state index contributed by atoms with van der Waals surface area (Å²) in [5.41, 5.74) is 1.34. The smallest absolute Gasteiger partial charge is 0.338 e. The molecule has 0 spiro atoms. The monoisotopic (exact) mass is 447 g/mol. The zero-order valence-electron chi connectivity index (χ0n) is 17.0. The molecule has 1 aromatic heterocycles. The largest absolute Gasteiger partial charge is 0.454 e. The van der Waals surface area contributed by atoms with E-state index in [4.69, 9.17) is 9.47 Å². The number of benzene rings is 2. The summed E-state index contributed by atoms with van der Waals surface area (Å²) in [4.78, 5) is 16.9. The molecule has 31 heavy (non-hydrogen) atoms. The summed E-state index contributed by atoms with van der Waals surface area (Å²) < 4.78 is 53.0. The van der Waals surface area contributed by atoms with Gasteiger partial charge in [-0.05, 0) is 43.3 Å². The van der Waals surface area contributed by atoms with Crippen LogP contribution in [0.4, 0.5) is 4.39 Å². The summed E-state index contributed by atoms with van der Waals surface area (Å²) >= 11 is 0. The van der Waals surface area contributed by atoms with Gasteiger partial charge in [0, 0.05) is 19.6 Å². The summed E-state index contributed by atoms with van der Waals surface area (Å²) in [7, 11) is -3.65.